The molecule has 27 heavy (non-hydrogen) atoms. The van der Waals surface area contributed by atoms with E-state index in [0.717, 1.165) is 18.7 Å². The number of carbonyl (C=O) groups excluding carboxylic acids is 1. The van der Waals surface area contributed by atoms with E-state index in [2.05, 4.69) is 4.90 Å². The molecule has 2 fully saturated rings. The molecule has 0 aliphatic carbocycles. The average molecular weight is 375 g/mol. The first kappa shape index (κ1) is 17.9. The Balaban J connectivity index is 1.61. The zero-order valence-electron chi connectivity index (χ0n) is 15.7. The number of ether oxygens (including phenoxy) is 2. The fourth-order valence-corrected chi connectivity index (χ4v) is 4.34. The van der Waals surface area contributed by atoms with Crippen LogP contribution in [0.3, 0.4) is 0 Å². The lowest BCUT2D eigenvalue weighted by Crippen LogP contribution is -2.52. The van der Waals surface area contributed by atoms with Gasteiger partial charge in [-0.05, 0) is 13.1 Å². The second-order valence-electron chi connectivity index (χ2n) is 7.66. The minimum atomic E-state index is -1.11. The summed E-state index contributed by atoms with van der Waals surface area (Å²) in [6.07, 6.45) is 0. The van der Waals surface area contributed by atoms with Gasteiger partial charge in [-0.1, -0.05) is 6.07 Å². The quantitative estimate of drug-likeness (QED) is 0.828. The third-order valence-corrected chi connectivity index (χ3v) is 6.09. The van der Waals surface area contributed by atoms with Crippen LogP contribution in [0.25, 0.3) is 0 Å². The van der Waals surface area contributed by atoms with Crippen LogP contribution in [0.1, 0.15) is 11.5 Å². The van der Waals surface area contributed by atoms with Crippen LogP contribution in [0.4, 0.5) is 4.79 Å². The Morgan fingerprint density at radius 1 is 1.22 bits per heavy atom. The smallest absolute Gasteiger partial charge is 0.320 e. The van der Waals surface area contributed by atoms with Gasteiger partial charge in [0.05, 0.1) is 7.11 Å². The number of rotatable bonds is 2. The van der Waals surface area contributed by atoms with E-state index in [1.165, 1.54) is 0 Å². The lowest BCUT2D eigenvalue weighted by Gasteiger charge is -2.36. The van der Waals surface area contributed by atoms with Crippen molar-refractivity contribution < 1.29 is 24.2 Å². The molecule has 2 atom stereocenters. The highest BCUT2D eigenvalue weighted by molar-refractivity contribution is 5.82. The van der Waals surface area contributed by atoms with E-state index in [1.54, 1.807) is 18.1 Å². The highest BCUT2D eigenvalue weighted by Crippen LogP contribution is 2.50. The van der Waals surface area contributed by atoms with E-state index in [9.17, 15) is 14.7 Å². The summed E-state index contributed by atoms with van der Waals surface area (Å²) in [4.78, 5) is 30.9. The Labute approximate surface area is 158 Å². The van der Waals surface area contributed by atoms with Gasteiger partial charge in [0.25, 0.3) is 0 Å². The van der Waals surface area contributed by atoms with Crippen molar-refractivity contribution in [1.82, 2.24) is 14.7 Å². The van der Waals surface area contributed by atoms with E-state index >= 15 is 0 Å². The third kappa shape index (κ3) is 2.88. The molecule has 2 saturated heterocycles. The second kappa shape index (κ2) is 6.60. The number of aliphatic carboxylic acids is 1. The SMILES string of the molecule is COc1ccc2c(c1)OC[C@@]1(C(=O)O)CN(C(=O)N3CCN(C)CC3)C[C@@H]21. The van der Waals surface area contributed by atoms with Gasteiger partial charge >= 0.3 is 12.0 Å². The molecule has 0 unspecified atom stereocenters. The van der Waals surface area contributed by atoms with Crippen molar-refractivity contribution in [2.24, 2.45) is 5.41 Å². The third-order valence-electron chi connectivity index (χ3n) is 6.09. The van der Waals surface area contributed by atoms with Gasteiger partial charge in [0.1, 0.15) is 23.5 Å². The topological polar surface area (TPSA) is 82.5 Å². The molecule has 0 aromatic heterocycles. The number of likely N-dealkylation sites (tertiary alicyclic amines) is 1. The summed E-state index contributed by atoms with van der Waals surface area (Å²) in [5.74, 6) is 0.105. The minimum Gasteiger partial charge on any atom is -0.497 e. The Hall–Kier alpha value is -2.48. The number of carbonyl (C=O) groups is 2. The summed E-state index contributed by atoms with van der Waals surface area (Å²) in [6.45, 7) is 3.61. The minimum absolute atomic E-state index is 0.0552. The number of likely N-dealkylation sites (N-methyl/N-ethyl adjacent to an activating group) is 1. The van der Waals surface area contributed by atoms with Gasteiger partial charge in [0.2, 0.25) is 0 Å². The number of nitrogens with zero attached hydrogens (tertiary/aromatic N) is 3. The molecule has 146 valence electrons. The first-order valence-corrected chi connectivity index (χ1v) is 9.21. The molecule has 0 saturated carbocycles. The molecule has 1 aromatic rings. The van der Waals surface area contributed by atoms with E-state index in [0.29, 0.717) is 31.1 Å². The standard InChI is InChI=1S/C19H25N3O5/c1-20-5-7-21(8-6-20)18(25)22-10-15-14-4-3-13(26-2)9-16(14)27-12-19(15,11-22)17(23)24/h3-4,9,15H,5-8,10-12H2,1-2H3,(H,23,24)/t15-,19-/m0/s1. The molecule has 3 heterocycles. The number of methoxy groups -OCH3 is 1. The van der Waals surface area contributed by atoms with Crippen LogP contribution in [0.5, 0.6) is 11.5 Å². The number of fused-ring (bicyclic) bond motifs is 3. The van der Waals surface area contributed by atoms with Gasteiger partial charge in [-0.2, -0.15) is 0 Å². The molecule has 8 nitrogen and oxygen atoms in total. The zero-order valence-corrected chi connectivity index (χ0v) is 15.7. The van der Waals surface area contributed by atoms with Gasteiger partial charge < -0.3 is 29.3 Å². The van der Waals surface area contributed by atoms with Crippen LogP contribution in [-0.4, -0.2) is 91.8 Å². The van der Waals surface area contributed by atoms with Gasteiger partial charge in [-0.3, -0.25) is 4.79 Å². The number of carboxylic acids is 1. The van der Waals surface area contributed by atoms with E-state index in [4.69, 9.17) is 9.47 Å². The first-order valence-electron chi connectivity index (χ1n) is 9.21. The van der Waals surface area contributed by atoms with Crippen molar-refractivity contribution in [2.45, 2.75) is 5.92 Å². The van der Waals surface area contributed by atoms with Crippen molar-refractivity contribution in [1.29, 1.82) is 0 Å². The molecule has 0 radical (unpaired) electrons. The van der Waals surface area contributed by atoms with E-state index in [-0.39, 0.29) is 25.1 Å². The molecule has 4 rings (SSSR count). The van der Waals surface area contributed by atoms with Crippen LogP contribution in [0.15, 0.2) is 18.2 Å². The average Bonchev–Trinajstić information content (AvgIpc) is 3.09. The van der Waals surface area contributed by atoms with Crippen LogP contribution >= 0.6 is 0 Å². The Kier molecular flexibility index (Phi) is 4.38. The largest absolute Gasteiger partial charge is 0.497 e. The number of hydrogen-bond donors (Lipinski definition) is 1. The number of piperazine rings is 1. The Morgan fingerprint density at radius 3 is 2.63 bits per heavy atom. The summed E-state index contributed by atoms with van der Waals surface area (Å²) in [6, 6.07) is 5.38. The van der Waals surface area contributed by atoms with E-state index in [1.807, 2.05) is 24.1 Å². The molecule has 3 aliphatic rings. The maximum Gasteiger partial charge on any atom is 0.320 e. The highest BCUT2D eigenvalue weighted by Gasteiger charge is 2.58. The number of benzene rings is 1. The fourth-order valence-electron chi connectivity index (χ4n) is 4.34. The van der Waals surface area contributed by atoms with Gasteiger partial charge in [0.15, 0.2) is 0 Å². The predicted octanol–water partition coefficient (Wildman–Crippen LogP) is 0.925. The van der Waals surface area contributed by atoms with Gasteiger partial charge in [0, 0.05) is 56.8 Å². The summed E-state index contributed by atoms with van der Waals surface area (Å²) in [5.41, 5.74) is -0.276. The number of amides is 2. The summed E-state index contributed by atoms with van der Waals surface area (Å²) >= 11 is 0. The number of hydrogen-bond acceptors (Lipinski definition) is 5. The number of carboxylic acid groups (broad SMARTS) is 1. The van der Waals surface area contributed by atoms with Crippen LogP contribution in [0.2, 0.25) is 0 Å². The molecule has 8 heteroatoms. The van der Waals surface area contributed by atoms with E-state index < -0.39 is 11.4 Å². The normalized spacial score (nSPS) is 27.6. The Morgan fingerprint density at radius 2 is 1.96 bits per heavy atom. The molecular weight excluding hydrogens is 350 g/mol. The van der Waals surface area contributed by atoms with Crippen molar-refractivity contribution in [3.05, 3.63) is 23.8 Å². The summed E-state index contributed by atoms with van der Waals surface area (Å²) in [7, 11) is 3.62. The molecular formula is C19H25N3O5. The first-order chi connectivity index (χ1) is 12.9. The van der Waals surface area contributed by atoms with Crippen molar-refractivity contribution in [2.75, 3.05) is 60.0 Å². The van der Waals surface area contributed by atoms with Crippen molar-refractivity contribution in [3.8, 4) is 11.5 Å². The summed E-state index contributed by atoms with van der Waals surface area (Å²) < 4.78 is 11.1. The second-order valence-corrected chi connectivity index (χ2v) is 7.66. The monoisotopic (exact) mass is 375 g/mol. The molecule has 0 bridgehead atoms. The van der Waals surface area contributed by atoms with Crippen molar-refractivity contribution in [3.63, 3.8) is 0 Å². The molecule has 1 N–H and O–H groups in total. The molecule has 2 amide bonds. The Bertz CT molecular complexity index is 762. The van der Waals surface area contributed by atoms with Gasteiger partial charge in [-0.15, -0.1) is 0 Å². The lowest BCUT2D eigenvalue weighted by molar-refractivity contribution is -0.151. The maximum absolute atomic E-state index is 13.0. The number of urea groups is 1. The van der Waals surface area contributed by atoms with Crippen LogP contribution in [0, 0.1) is 5.41 Å². The highest BCUT2D eigenvalue weighted by atomic mass is 16.5. The molecule has 3 aliphatic heterocycles. The summed E-state index contributed by atoms with van der Waals surface area (Å²) in [5, 5.41) is 10.0. The van der Waals surface area contributed by atoms with Gasteiger partial charge in [-0.25, -0.2) is 4.79 Å². The molecule has 1 aromatic carbocycles. The lowest BCUT2D eigenvalue weighted by atomic mass is 9.73. The fraction of sp³-hybridized carbons (Fsp3) is 0.579. The zero-order chi connectivity index (χ0) is 19.2. The predicted molar refractivity (Wildman–Crippen MR) is 97.3 cm³/mol. The van der Waals surface area contributed by atoms with Crippen LogP contribution < -0.4 is 9.47 Å². The van der Waals surface area contributed by atoms with Crippen LogP contribution in [-0.2, 0) is 4.79 Å². The maximum atomic E-state index is 13.0. The molecule has 0 spiro atoms. The van der Waals surface area contributed by atoms with Crippen molar-refractivity contribution >= 4 is 12.0 Å².